The Labute approximate surface area is 188 Å². The summed E-state index contributed by atoms with van der Waals surface area (Å²) in [6.07, 6.45) is 4.38. The number of benzene rings is 1. The minimum atomic E-state index is -0.276. The maximum absolute atomic E-state index is 13.1. The predicted octanol–water partition coefficient (Wildman–Crippen LogP) is 3.80. The van der Waals surface area contributed by atoms with E-state index in [0.29, 0.717) is 36.4 Å². The number of aromatic nitrogens is 3. The van der Waals surface area contributed by atoms with Crippen LogP contribution in [0.1, 0.15) is 49.9 Å². The second-order valence-corrected chi connectivity index (χ2v) is 9.69. The molecule has 5 rings (SSSR count). The third kappa shape index (κ3) is 3.62. The van der Waals surface area contributed by atoms with Crippen molar-refractivity contribution in [3.05, 3.63) is 39.3 Å². The molecule has 3 heterocycles. The molecule has 1 unspecified atom stereocenters. The van der Waals surface area contributed by atoms with Gasteiger partial charge in [-0.3, -0.25) is 14.7 Å². The zero-order chi connectivity index (χ0) is 20.8. The number of halogens is 1. The number of rotatable bonds is 4. The molecule has 158 valence electrons. The summed E-state index contributed by atoms with van der Waals surface area (Å²) in [7, 11) is 0. The van der Waals surface area contributed by atoms with Gasteiger partial charge in [-0.15, -0.1) is 0 Å². The summed E-state index contributed by atoms with van der Waals surface area (Å²) >= 11 is 8.92. The van der Waals surface area contributed by atoms with Crippen molar-refractivity contribution in [3.8, 4) is 0 Å². The third-order valence-electron chi connectivity index (χ3n) is 6.43. The minimum Gasteiger partial charge on any atom is -0.342 e. The largest absolute Gasteiger partial charge is 0.342 e. The number of nitrogens with zero attached hydrogens (tertiary/aromatic N) is 4. The second-order valence-electron chi connectivity index (χ2n) is 8.44. The van der Waals surface area contributed by atoms with Crippen molar-refractivity contribution in [2.45, 2.75) is 44.1 Å². The van der Waals surface area contributed by atoms with Crippen molar-refractivity contribution in [1.82, 2.24) is 19.7 Å². The van der Waals surface area contributed by atoms with Crippen molar-refractivity contribution in [3.63, 3.8) is 0 Å². The van der Waals surface area contributed by atoms with Gasteiger partial charge in [-0.1, -0.05) is 12.1 Å². The lowest BCUT2D eigenvalue weighted by Crippen LogP contribution is -2.42. The Balaban J connectivity index is 1.23. The molecular weight excluding hydrogens is 466 g/mol. The first kappa shape index (κ1) is 19.9. The first-order valence-corrected chi connectivity index (χ1v) is 11.7. The molecule has 7 nitrogen and oxygen atoms in total. The number of para-hydroxylation sites is 1. The zero-order valence-corrected chi connectivity index (χ0v) is 19.0. The van der Waals surface area contributed by atoms with Crippen LogP contribution in [0.4, 0.5) is 5.69 Å². The van der Waals surface area contributed by atoms with E-state index in [2.05, 4.69) is 30.7 Å². The quantitative estimate of drug-likeness (QED) is 0.662. The van der Waals surface area contributed by atoms with Crippen LogP contribution in [0.5, 0.6) is 0 Å². The number of nitrogens with one attached hydrogen (secondary N) is 1. The fraction of sp³-hybridized carbons (Fsp3) is 0.524. The SMILES string of the molecule is O=C(C1CC(=O)N(c2ccccc2Br)C1)N1CCC(c2n[nH]c(=S)n2C2CC2)CC1. The molecule has 30 heavy (non-hydrogen) atoms. The molecule has 3 fully saturated rings. The molecule has 2 saturated heterocycles. The summed E-state index contributed by atoms with van der Waals surface area (Å²) in [5, 5.41) is 7.45. The lowest BCUT2D eigenvalue weighted by Gasteiger charge is -2.33. The minimum absolute atomic E-state index is 0.00936. The fourth-order valence-electron chi connectivity index (χ4n) is 4.68. The van der Waals surface area contributed by atoms with E-state index >= 15 is 0 Å². The van der Waals surface area contributed by atoms with E-state index < -0.39 is 0 Å². The molecule has 1 saturated carbocycles. The van der Waals surface area contributed by atoms with Crippen LogP contribution in [-0.4, -0.2) is 51.1 Å². The summed E-state index contributed by atoms with van der Waals surface area (Å²) < 4.78 is 3.77. The molecule has 1 aromatic carbocycles. The number of likely N-dealkylation sites (tertiary alicyclic amines) is 1. The van der Waals surface area contributed by atoms with Gasteiger partial charge in [-0.2, -0.15) is 5.10 Å². The fourth-order valence-corrected chi connectivity index (χ4v) is 5.47. The normalized spacial score (nSPS) is 22.7. The van der Waals surface area contributed by atoms with Crippen LogP contribution >= 0.6 is 28.1 Å². The molecule has 2 aliphatic heterocycles. The van der Waals surface area contributed by atoms with Crippen LogP contribution in [0.3, 0.4) is 0 Å². The van der Waals surface area contributed by atoms with E-state index in [1.807, 2.05) is 29.2 Å². The molecule has 2 amide bonds. The molecule has 1 aromatic heterocycles. The van der Waals surface area contributed by atoms with Crippen LogP contribution < -0.4 is 4.90 Å². The van der Waals surface area contributed by atoms with Gasteiger partial charge in [0.15, 0.2) is 4.77 Å². The lowest BCUT2D eigenvalue weighted by atomic mass is 9.94. The second kappa shape index (κ2) is 7.92. The molecule has 9 heteroatoms. The van der Waals surface area contributed by atoms with E-state index in [4.69, 9.17) is 12.2 Å². The van der Waals surface area contributed by atoms with Crippen LogP contribution in [0.25, 0.3) is 0 Å². The Morgan fingerprint density at radius 3 is 2.60 bits per heavy atom. The Morgan fingerprint density at radius 2 is 1.90 bits per heavy atom. The smallest absolute Gasteiger partial charge is 0.228 e. The Morgan fingerprint density at radius 1 is 1.17 bits per heavy atom. The van der Waals surface area contributed by atoms with Gasteiger partial charge in [0.2, 0.25) is 11.8 Å². The number of carbonyl (C=O) groups excluding carboxylic acids is 2. The van der Waals surface area contributed by atoms with E-state index in [0.717, 1.165) is 28.8 Å². The van der Waals surface area contributed by atoms with Crippen molar-refractivity contribution in [2.24, 2.45) is 5.92 Å². The van der Waals surface area contributed by atoms with E-state index in [-0.39, 0.29) is 24.2 Å². The van der Waals surface area contributed by atoms with Gasteiger partial charge in [0.1, 0.15) is 5.82 Å². The highest BCUT2D eigenvalue weighted by Gasteiger charge is 2.39. The summed E-state index contributed by atoms with van der Waals surface area (Å²) in [4.78, 5) is 29.4. The molecule has 0 bridgehead atoms. The van der Waals surface area contributed by atoms with Crippen LogP contribution in [-0.2, 0) is 9.59 Å². The number of aromatic amines is 1. The Bertz CT molecular complexity index is 1040. The Kier molecular flexibility index (Phi) is 5.26. The van der Waals surface area contributed by atoms with Gasteiger partial charge < -0.3 is 14.4 Å². The highest BCUT2D eigenvalue weighted by molar-refractivity contribution is 9.10. The predicted molar refractivity (Wildman–Crippen MR) is 119 cm³/mol. The van der Waals surface area contributed by atoms with Gasteiger partial charge >= 0.3 is 0 Å². The number of amides is 2. The lowest BCUT2D eigenvalue weighted by molar-refractivity contribution is -0.136. The van der Waals surface area contributed by atoms with Crippen molar-refractivity contribution in [2.75, 3.05) is 24.5 Å². The van der Waals surface area contributed by atoms with E-state index in [1.165, 1.54) is 12.8 Å². The number of hydrogen-bond acceptors (Lipinski definition) is 4. The summed E-state index contributed by atoms with van der Waals surface area (Å²) in [6, 6.07) is 8.15. The molecule has 1 N–H and O–H groups in total. The number of hydrogen-bond donors (Lipinski definition) is 1. The molecule has 0 radical (unpaired) electrons. The molecule has 1 aliphatic carbocycles. The Hall–Kier alpha value is -2.00. The maximum Gasteiger partial charge on any atom is 0.228 e. The van der Waals surface area contributed by atoms with Gasteiger partial charge in [0, 0.05) is 42.5 Å². The monoisotopic (exact) mass is 489 g/mol. The van der Waals surface area contributed by atoms with Crippen LogP contribution in [0.15, 0.2) is 28.7 Å². The highest BCUT2D eigenvalue weighted by Crippen LogP contribution is 2.39. The highest BCUT2D eigenvalue weighted by atomic mass is 79.9. The first-order chi connectivity index (χ1) is 14.5. The topological polar surface area (TPSA) is 74.2 Å². The van der Waals surface area contributed by atoms with Crippen molar-refractivity contribution < 1.29 is 9.59 Å². The molecule has 0 spiro atoms. The van der Waals surface area contributed by atoms with Gasteiger partial charge in [-0.05, 0) is 66.0 Å². The maximum atomic E-state index is 13.1. The summed E-state index contributed by atoms with van der Waals surface area (Å²) in [5.41, 5.74) is 0.833. The van der Waals surface area contributed by atoms with Crippen molar-refractivity contribution >= 4 is 45.6 Å². The number of H-pyrrole nitrogens is 1. The molecular formula is C21H24BrN5O2S. The van der Waals surface area contributed by atoms with E-state index in [1.54, 1.807) is 4.90 Å². The van der Waals surface area contributed by atoms with Crippen LogP contribution in [0, 0.1) is 10.7 Å². The average molecular weight is 490 g/mol. The standard InChI is InChI=1S/C21H24BrN5O2S/c22-16-3-1-2-4-17(16)26-12-14(11-18(26)28)20(29)25-9-7-13(8-10-25)19-23-24-21(30)27(19)15-5-6-15/h1-4,13-15H,5-12H2,(H,24,30). The van der Waals surface area contributed by atoms with Gasteiger partial charge in [0.25, 0.3) is 0 Å². The zero-order valence-electron chi connectivity index (χ0n) is 16.6. The molecule has 3 aliphatic rings. The third-order valence-corrected chi connectivity index (χ3v) is 7.39. The van der Waals surface area contributed by atoms with Crippen molar-refractivity contribution in [1.29, 1.82) is 0 Å². The first-order valence-electron chi connectivity index (χ1n) is 10.5. The number of piperidine rings is 1. The van der Waals surface area contributed by atoms with Gasteiger partial charge in [-0.25, -0.2) is 0 Å². The molecule has 1 atom stereocenters. The summed E-state index contributed by atoms with van der Waals surface area (Å²) in [5.74, 6) is 1.20. The van der Waals surface area contributed by atoms with Gasteiger partial charge in [0.05, 0.1) is 11.6 Å². The molecule has 2 aromatic rings. The number of carbonyl (C=O) groups is 2. The average Bonchev–Trinajstić information content (AvgIpc) is 3.41. The number of anilines is 1. The van der Waals surface area contributed by atoms with E-state index in [9.17, 15) is 9.59 Å². The van der Waals surface area contributed by atoms with Crippen LogP contribution in [0.2, 0.25) is 0 Å². The summed E-state index contributed by atoms with van der Waals surface area (Å²) in [6.45, 7) is 1.85.